The minimum Gasteiger partial charge on any atom is -0.425 e. The third-order valence-electron chi connectivity index (χ3n) is 2.24. The molecule has 0 aromatic carbocycles. The highest BCUT2D eigenvalue weighted by Gasteiger charge is 2.18. The Balaban J connectivity index is 1.88. The summed E-state index contributed by atoms with van der Waals surface area (Å²) in [5, 5.41) is 7.83. The maximum Gasteiger partial charge on any atom is 0.219 e. The van der Waals surface area contributed by atoms with Crippen LogP contribution in [0.15, 0.2) is 4.42 Å². The van der Waals surface area contributed by atoms with E-state index in [1.807, 2.05) is 0 Å². The maximum atomic E-state index is 5.56. The van der Waals surface area contributed by atoms with Gasteiger partial charge in [0.25, 0.3) is 0 Å². The maximum absolute atomic E-state index is 5.56. The van der Waals surface area contributed by atoms with E-state index in [0.29, 0.717) is 24.1 Å². The molecule has 2 heterocycles. The molecule has 1 aromatic heterocycles. The summed E-state index contributed by atoms with van der Waals surface area (Å²) in [6.45, 7) is 0.855. The zero-order chi connectivity index (χ0) is 9.80. The molecule has 4 nitrogen and oxygen atoms in total. The number of rotatable bonds is 4. The summed E-state index contributed by atoms with van der Waals surface area (Å²) in [6.07, 6.45) is 3.86. The van der Waals surface area contributed by atoms with Crippen LogP contribution in [0.2, 0.25) is 0 Å². The highest BCUT2D eigenvalue weighted by atomic mass is 35.5. The normalized spacial score (nSPS) is 21.6. The lowest BCUT2D eigenvalue weighted by Gasteiger charge is -2.03. The van der Waals surface area contributed by atoms with E-state index in [2.05, 4.69) is 10.2 Å². The Morgan fingerprint density at radius 1 is 1.36 bits per heavy atom. The van der Waals surface area contributed by atoms with Crippen molar-refractivity contribution in [2.75, 3.05) is 12.5 Å². The third-order valence-corrected chi connectivity index (χ3v) is 2.43. The van der Waals surface area contributed by atoms with Gasteiger partial charge in [0.2, 0.25) is 11.8 Å². The monoisotopic (exact) mass is 216 g/mol. The lowest BCUT2D eigenvalue weighted by Crippen LogP contribution is -2.08. The summed E-state index contributed by atoms with van der Waals surface area (Å²) in [4.78, 5) is 0. The summed E-state index contributed by atoms with van der Waals surface area (Å²) in [5.74, 6) is 1.80. The van der Waals surface area contributed by atoms with E-state index >= 15 is 0 Å². The van der Waals surface area contributed by atoms with Gasteiger partial charge in [-0.2, -0.15) is 0 Å². The molecule has 2 rings (SSSR count). The van der Waals surface area contributed by atoms with Crippen LogP contribution in [0.4, 0.5) is 0 Å². The average Bonchev–Trinajstić information content (AvgIpc) is 2.79. The van der Waals surface area contributed by atoms with Gasteiger partial charge in [0.05, 0.1) is 12.5 Å². The Morgan fingerprint density at radius 3 is 2.93 bits per heavy atom. The van der Waals surface area contributed by atoms with Crippen LogP contribution in [0, 0.1) is 0 Å². The molecule has 1 aliphatic heterocycles. The van der Waals surface area contributed by atoms with Gasteiger partial charge in [-0.3, -0.25) is 0 Å². The van der Waals surface area contributed by atoms with Gasteiger partial charge in [-0.25, -0.2) is 0 Å². The molecule has 14 heavy (non-hydrogen) atoms. The van der Waals surface area contributed by atoms with E-state index in [9.17, 15) is 0 Å². The largest absolute Gasteiger partial charge is 0.425 e. The molecular formula is C9H13ClN2O2. The molecular weight excluding hydrogens is 204 g/mol. The minimum atomic E-state index is 0.263. The third kappa shape index (κ3) is 2.45. The zero-order valence-electron chi connectivity index (χ0n) is 7.91. The van der Waals surface area contributed by atoms with Gasteiger partial charge in [0.15, 0.2) is 0 Å². The molecule has 0 N–H and O–H groups in total. The molecule has 0 amide bonds. The van der Waals surface area contributed by atoms with Crippen LogP contribution in [0.1, 0.15) is 24.6 Å². The summed E-state index contributed by atoms with van der Waals surface area (Å²) in [6, 6.07) is 0. The van der Waals surface area contributed by atoms with E-state index in [4.69, 9.17) is 20.8 Å². The van der Waals surface area contributed by atoms with Gasteiger partial charge in [0, 0.05) is 18.9 Å². The predicted octanol–water partition coefficient (Wildman–Crippen LogP) is 1.57. The Bertz CT molecular complexity index is 284. The first kappa shape index (κ1) is 9.93. The smallest absolute Gasteiger partial charge is 0.219 e. The number of hydrogen-bond acceptors (Lipinski definition) is 4. The van der Waals surface area contributed by atoms with Crippen LogP contribution in [-0.4, -0.2) is 28.8 Å². The zero-order valence-corrected chi connectivity index (χ0v) is 8.66. The van der Waals surface area contributed by atoms with Crippen LogP contribution >= 0.6 is 11.6 Å². The van der Waals surface area contributed by atoms with Gasteiger partial charge in [-0.15, -0.1) is 21.8 Å². The molecule has 0 radical (unpaired) electrons. The Kier molecular flexibility index (Phi) is 3.37. The number of ether oxygens (including phenoxy) is 1. The van der Waals surface area contributed by atoms with E-state index < -0.39 is 0 Å². The van der Waals surface area contributed by atoms with E-state index in [-0.39, 0.29) is 6.10 Å². The Morgan fingerprint density at radius 2 is 2.21 bits per heavy atom. The summed E-state index contributed by atoms with van der Waals surface area (Å²) >= 11 is 5.56. The predicted molar refractivity (Wildman–Crippen MR) is 51.4 cm³/mol. The lowest BCUT2D eigenvalue weighted by atomic mass is 10.2. The molecule has 0 aliphatic carbocycles. The SMILES string of the molecule is ClCCc1nnc(CC2CCCO2)o1. The summed E-state index contributed by atoms with van der Waals surface area (Å²) < 4.78 is 10.9. The number of aromatic nitrogens is 2. The van der Waals surface area contributed by atoms with Crippen molar-refractivity contribution >= 4 is 11.6 Å². The number of halogens is 1. The second kappa shape index (κ2) is 4.75. The Labute approximate surface area is 87.6 Å². The van der Waals surface area contributed by atoms with Crippen molar-refractivity contribution in [2.24, 2.45) is 0 Å². The van der Waals surface area contributed by atoms with Crippen molar-refractivity contribution in [3.63, 3.8) is 0 Å². The van der Waals surface area contributed by atoms with Crippen LogP contribution in [0.3, 0.4) is 0 Å². The molecule has 1 aliphatic rings. The minimum absolute atomic E-state index is 0.263. The fraction of sp³-hybridized carbons (Fsp3) is 0.778. The van der Waals surface area contributed by atoms with Gasteiger partial charge in [-0.1, -0.05) is 0 Å². The highest BCUT2D eigenvalue weighted by molar-refractivity contribution is 6.17. The molecule has 1 saturated heterocycles. The second-order valence-corrected chi connectivity index (χ2v) is 3.75. The van der Waals surface area contributed by atoms with E-state index in [1.54, 1.807) is 0 Å². The molecule has 78 valence electrons. The van der Waals surface area contributed by atoms with Crippen molar-refractivity contribution in [1.29, 1.82) is 0 Å². The second-order valence-electron chi connectivity index (χ2n) is 3.37. The molecule has 1 fully saturated rings. The molecule has 1 atom stereocenters. The summed E-state index contributed by atoms with van der Waals surface area (Å²) in [7, 11) is 0. The molecule has 1 aromatic rings. The van der Waals surface area contributed by atoms with Crippen LogP contribution < -0.4 is 0 Å². The van der Waals surface area contributed by atoms with Crippen LogP contribution in [-0.2, 0) is 17.6 Å². The standard InChI is InChI=1S/C9H13ClN2O2/c10-4-3-8-11-12-9(14-8)6-7-2-1-5-13-7/h7H,1-6H2. The van der Waals surface area contributed by atoms with Crippen LogP contribution in [0.25, 0.3) is 0 Å². The highest BCUT2D eigenvalue weighted by Crippen LogP contribution is 2.16. The molecule has 0 saturated carbocycles. The lowest BCUT2D eigenvalue weighted by molar-refractivity contribution is 0.105. The van der Waals surface area contributed by atoms with Crippen LogP contribution in [0.5, 0.6) is 0 Å². The number of alkyl halides is 1. The number of nitrogens with zero attached hydrogens (tertiary/aromatic N) is 2. The average molecular weight is 217 g/mol. The van der Waals surface area contributed by atoms with Gasteiger partial charge < -0.3 is 9.15 Å². The quantitative estimate of drug-likeness (QED) is 0.717. The fourth-order valence-corrected chi connectivity index (χ4v) is 1.71. The van der Waals surface area contributed by atoms with E-state index in [0.717, 1.165) is 25.9 Å². The van der Waals surface area contributed by atoms with Gasteiger partial charge in [0.1, 0.15) is 0 Å². The van der Waals surface area contributed by atoms with Crippen molar-refractivity contribution in [3.05, 3.63) is 11.8 Å². The van der Waals surface area contributed by atoms with Crippen molar-refractivity contribution in [3.8, 4) is 0 Å². The molecule has 0 spiro atoms. The molecule has 1 unspecified atom stereocenters. The van der Waals surface area contributed by atoms with Crippen molar-refractivity contribution in [2.45, 2.75) is 31.8 Å². The first-order chi connectivity index (χ1) is 6.88. The molecule has 0 bridgehead atoms. The van der Waals surface area contributed by atoms with Crippen molar-refractivity contribution in [1.82, 2.24) is 10.2 Å². The topological polar surface area (TPSA) is 48.2 Å². The first-order valence-electron chi connectivity index (χ1n) is 4.87. The van der Waals surface area contributed by atoms with Crippen molar-refractivity contribution < 1.29 is 9.15 Å². The fourth-order valence-electron chi connectivity index (χ4n) is 1.55. The Hall–Kier alpha value is -0.610. The molecule has 5 heteroatoms. The number of hydrogen-bond donors (Lipinski definition) is 0. The number of aryl methyl sites for hydroxylation is 1. The van der Waals surface area contributed by atoms with Gasteiger partial charge in [-0.05, 0) is 12.8 Å². The van der Waals surface area contributed by atoms with E-state index in [1.165, 1.54) is 0 Å². The first-order valence-corrected chi connectivity index (χ1v) is 5.41. The van der Waals surface area contributed by atoms with Gasteiger partial charge >= 0.3 is 0 Å². The summed E-state index contributed by atoms with van der Waals surface area (Å²) in [5.41, 5.74) is 0.